The molecule has 0 aliphatic carbocycles. The molecule has 18 heavy (non-hydrogen) atoms. The highest BCUT2D eigenvalue weighted by molar-refractivity contribution is 5.48. The van der Waals surface area contributed by atoms with Gasteiger partial charge in [-0.25, -0.2) is 4.39 Å². The van der Waals surface area contributed by atoms with Crippen molar-refractivity contribution in [1.82, 2.24) is 10.2 Å². The van der Waals surface area contributed by atoms with Gasteiger partial charge >= 0.3 is 0 Å². The molecule has 2 N–H and O–H groups in total. The van der Waals surface area contributed by atoms with E-state index in [1.54, 1.807) is 12.1 Å². The highest BCUT2D eigenvalue weighted by Crippen LogP contribution is 2.31. The van der Waals surface area contributed by atoms with Gasteiger partial charge in [0.25, 0.3) is 0 Å². The second kappa shape index (κ2) is 5.80. The highest BCUT2D eigenvalue weighted by Gasteiger charge is 2.25. The maximum Gasteiger partial charge on any atom is 0.138 e. The first-order valence-electron chi connectivity index (χ1n) is 6.00. The smallest absolute Gasteiger partial charge is 0.138 e. The average molecular weight is 249 g/mol. The Morgan fingerprint density at radius 3 is 2.78 bits per heavy atom. The van der Waals surface area contributed by atoms with Crippen LogP contribution in [0, 0.1) is 11.3 Å². The van der Waals surface area contributed by atoms with Gasteiger partial charge in [0, 0.05) is 31.7 Å². The molecular formula is C13H16FN3O. The Kier molecular flexibility index (Phi) is 4.13. The van der Waals surface area contributed by atoms with E-state index in [0.717, 1.165) is 26.2 Å². The van der Waals surface area contributed by atoms with E-state index < -0.39 is 12.7 Å². The minimum absolute atomic E-state index is 0.0961. The van der Waals surface area contributed by atoms with Crippen molar-refractivity contribution in [3.63, 3.8) is 0 Å². The molecule has 1 atom stereocenters. The number of nitriles is 1. The Balaban J connectivity index is 2.29. The zero-order chi connectivity index (χ0) is 13.0. The Bertz CT molecular complexity index is 452. The molecule has 0 aromatic heterocycles. The van der Waals surface area contributed by atoms with Gasteiger partial charge in [-0.2, -0.15) is 5.26 Å². The third kappa shape index (κ3) is 2.45. The number of aromatic hydroxyl groups is 1. The van der Waals surface area contributed by atoms with Gasteiger partial charge in [-0.1, -0.05) is 12.1 Å². The summed E-state index contributed by atoms with van der Waals surface area (Å²) in [6, 6.07) is 6.34. The van der Waals surface area contributed by atoms with Crippen molar-refractivity contribution in [1.29, 1.82) is 5.26 Å². The summed E-state index contributed by atoms with van der Waals surface area (Å²) < 4.78 is 13.3. The lowest BCUT2D eigenvalue weighted by Gasteiger charge is -2.33. The Morgan fingerprint density at radius 2 is 2.17 bits per heavy atom. The highest BCUT2D eigenvalue weighted by atomic mass is 19.1. The topological polar surface area (TPSA) is 59.3 Å². The summed E-state index contributed by atoms with van der Waals surface area (Å²) in [4.78, 5) is 1.99. The molecule has 1 aliphatic rings. The summed E-state index contributed by atoms with van der Waals surface area (Å²) in [5.74, 6) is -0.0961. The molecule has 1 aliphatic heterocycles. The Morgan fingerprint density at radius 1 is 1.44 bits per heavy atom. The van der Waals surface area contributed by atoms with Crippen LogP contribution in [-0.4, -0.2) is 42.9 Å². The molecule has 1 aromatic rings. The number of benzene rings is 1. The molecule has 2 rings (SSSR count). The van der Waals surface area contributed by atoms with Crippen LogP contribution in [0.5, 0.6) is 5.75 Å². The van der Waals surface area contributed by atoms with Gasteiger partial charge in [0.2, 0.25) is 0 Å². The molecule has 0 saturated carbocycles. The molecular weight excluding hydrogens is 233 g/mol. The third-order valence-corrected chi connectivity index (χ3v) is 3.29. The van der Waals surface area contributed by atoms with E-state index in [0.29, 0.717) is 5.56 Å². The van der Waals surface area contributed by atoms with E-state index in [4.69, 9.17) is 5.26 Å². The molecule has 5 heteroatoms. The van der Waals surface area contributed by atoms with Crippen LogP contribution in [0.1, 0.15) is 17.2 Å². The van der Waals surface area contributed by atoms with Crippen LogP contribution in [0.25, 0.3) is 0 Å². The molecule has 0 unspecified atom stereocenters. The lowest BCUT2D eigenvalue weighted by Crippen LogP contribution is -2.45. The van der Waals surface area contributed by atoms with E-state index >= 15 is 0 Å². The minimum Gasteiger partial charge on any atom is -0.506 e. The Labute approximate surface area is 106 Å². The molecule has 96 valence electrons. The van der Waals surface area contributed by atoms with E-state index in [1.807, 2.05) is 11.0 Å². The SMILES string of the molecule is N#Cc1cccc([C@H](CF)N2CCNCC2)c1O. The quantitative estimate of drug-likeness (QED) is 0.844. The summed E-state index contributed by atoms with van der Waals surface area (Å²) >= 11 is 0. The third-order valence-electron chi connectivity index (χ3n) is 3.29. The van der Waals surface area contributed by atoms with Crippen LogP contribution >= 0.6 is 0 Å². The van der Waals surface area contributed by atoms with Crippen molar-refractivity contribution < 1.29 is 9.50 Å². The second-order valence-electron chi connectivity index (χ2n) is 4.31. The first-order chi connectivity index (χ1) is 8.77. The number of para-hydroxylation sites is 1. The van der Waals surface area contributed by atoms with Crippen molar-refractivity contribution in [3.8, 4) is 11.8 Å². The molecule has 1 fully saturated rings. The molecule has 0 amide bonds. The fourth-order valence-corrected chi connectivity index (χ4v) is 2.29. The number of piperazine rings is 1. The van der Waals surface area contributed by atoms with Gasteiger partial charge < -0.3 is 10.4 Å². The van der Waals surface area contributed by atoms with Crippen LogP contribution in [0.2, 0.25) is 0 Å². The van der Waals surface area contributed by atoms with Gasteiger partial charge in [0.1, 0.15) is 18.5 Å². The Hall–Kier alpha value is -1.64. The predicted molar refractivity (Wildman–Crippen MR) is 66.0 cm³/mol. The fraction of sp³-hybridized carbons (Fsp3) is 0.462. The maximum atomic E-state index is 13.3. The molecule has 4 nitrogen and oxygen atoms in total. The summed E-state index contributed by atoms with van der Waals surface area (Å²) in [6.45, 7) is 2.54. The largest absolute Gasteiger partial charge is 0.506 e. The van der Waals surface area contributed by atoms with Crippen LogP contribution in [-0.2, 0) is 0 Å². The summed E-state index contributed by atoms with van der Waals surface area (Å²) in [5.41, 5.74) is 0.694. The van der Waals surface area contributed by atoms with Crippen LogP contribution < -0.4 is 5.32 Å². The number of hydrogen-bond donors (Lipinski definition) is 2. The zero-order valence-electron chi connectivity index (χ0n) is 10.1. The number of nitrogens with one attached hydrogen (secondary N) is 1. The normalized spacial score (nSPS) is 18.2. The first-order valence-corrected chi connectivity index (χ1v) is 6.00. The number of hydrogen-bond acceptors (Lipinski definition) is 4. The van der Waals surface area contributed by atoms with E-state index in [9.17, 15) is 9.50 Å². The van der Waals surface area contributed by atoms with Crippen molar-refractivity contribution >= 4 is 0 Å². The summed E-state index contributed by atoms with van der Waals surface area (Å²) in [7, 11) is 0. The molecule has 0 spiro atoms. The molecule has 0 radical (unpaired) electrons. The number of phenols is 1. The first kappa shape index (κ1) is 12.8. The lowest BCUT2D eigenvalue weighted by molar-refractivity contribution is 0.145. The van der Waals surface area contributed by atoms with E-state index in [1.165, 1.54) is 6.07 Å². The number of halogens is 1. The van der Waals surface area contributed by atoms with Gasteiger partial charge in [-0.3, -0.25) is 4.90 Å². The van der Waals surface area contributed by atoms with Crippen molar-refractivity contribution in [2.75, 3.05) is 32.9 Å². The number of phenolic OH excluding ortho intramolecular Hbond substituents is 1. The predicted octanol–water partition coefficient (Wildman–Crippen LogP) is 1.18. The standard InChI is InChI=1S/C13H16FN3O/c14-8-12(17-6-4-16-5-7-17)11-3-1-2-10(9-15)13(11)18/h1-3,12,16,18H,4-8H2/t12-/m0/s1. The van der Waals surface area contributed by atoms with Crippen LogP contribution in [0.4, 0.5) is 4.39 Å². The number of nitrogens with zero attached hydrogens (tertiary/aromatic N) is 2. The van der Waals surface area contributed by atoms with Gasteiger partial charge in [0.05, 0.1) is 11.6 Å². The molecule has 0 bridgehead atoms. The molecule has 1 heterocycles. The minimum atomic E-state index is -0.567. The van der Waals surface area contributed by atoms with E-state index in [2.05, 4.69) is 5.32 Å². The summed E-state index contributed by atoms with van der Waals surface area (Å²) in [6.07, 6.45) is 0. The van der Waals surface area contributed by atoms with Crippen LogP contribution in [0.15, 0.2) is 18.2 Å². The van der Waals surface area contributed by atoms with Crippen LogP contribution in [0.3, 0.4) is 0 Å². The van der Waals surface area contributed by atoms with E-state index in [-0.39, 0.29) is 11.3 Å². The average Bonchev–Trinajstić information content (AvgIpc) is 2.43. The van der Waals surface area contributed by atoms with Gasteiger partial charge in [-0.05, 0) is 6.07 Å². The fourth-order valence-electron chi connectivity index (χ4n) is 2.29. The maximum absolute atomic E-state index is 13.3. The van der Waals surface area contributed by atoms with Gasteiger partial charge in [0.15, 0.2) is 0 Å². The monoisotopic (exact) mass is 249 g/mol. The van der Waals surface area contributed by atoms with Crippen molar-refractivity contribution in [2.45, 2.75) is 6.04 Å². The van der Waals surface area contributed by atoms with Gasteiger partial charge in [-0.15, -0.1) is 0 Å². The number of rotatable bonds is 3. The van der Waals surface area contributed by atoms with Crippen molar-refractivity contribution in [3.05, 3.63) is 29.3 Å². The zero-order valence-corrected chi connectivity index (χ0v) is 10.1. The lowest BCUT2D eigenvalue weighted by atomic mass is 10.0. The second-order valence-corrected chi connectivity index (χ2v) is 4.31. The number of alkyl halides is 1. The molecule has 1 aromatic carbocycles. The molecule has 1 saturated heterocycles. The van der Waals surface area contributed by atoms with Crippen molar-refractivity contribution in [2.24, 2.45) is 0 Å². The summed E-state index contributed by atoms with van der Waals surface area (Å²) in [5, 5.41) is 22.1.